The summed E-state index contributed by atoms with van der Waals surface area (Å²) in [6, 6.07) is 12.1. The number of nitrogens with one attached hydrogen (secondary N) is 1. The molecule has 4 nitrogen and oxygen atoms in total. The van der Waals surface area contributed by atoms with Gasteiger partial charge in [0.2, 0.25) is 0 Å². The molecule has 122 valence electrons. The fourth-order valence-corrected chi connectivity index (χ4v) is 2.38. The van der Waals surface area contributed by atoms with Crippen LogP contribution in [0.5, 0.6) is 5.75 Å². The maximum atomic E-state index is 13.0. The molecule has 1 aromatic heterocycles. The van der Waals surface area contributed by atoms with Crippen molar-refractivity contribution >= 4 is 22.9 Å². The fourth-order valence-electron chi connectivity index (χ4n) is 2.38. The van der Waals surface area contributed by atoms with E-state index < -0.39 is 0 Å². The number of H-pyrrole nitrogens is 1. The van der Waals surface area contributed by atoms with Gasteiger partial charge >= 0.3 is 0 Å². The van der Waals surface area contributed by atoms with Crippen LogP contribution in [0, 0.1) is 12.7 Å². The van der Waals surface area contributed by atoms with Crippen LogP contribution in [0.4, 0.5) is 4.39 Å². The molecule has 0 fully saturated rings. The second kappa shape index (κ2) is 7.08. The zero-order valence-corrected chi connectivity index (χ0v) is 13.3. The Morgan fingerprint density at radius 3 is 2.96 bits per heavy atom. The first-order valence-electron chi connectivity index (χ1n) is 7.59. The highest BCUT2D eigenvalue weighted by Crippen LogP contribution is 2.18. The van der Waals surface area contributed by atoms with E-state index in [0.717, 1.165) is 16.5 Å². The number of aromatic amines is 1. The summed E-state index contributed by atoms with van der Waals surface area (Å²) in [5.41, 5.74) is 2.61. The van der Waals surface area contributed by atoms with E-state index in [4.69, 9.17) is 4.74 Å². The average Bonchev–Trinajstić information content (AvgIpc) is 3.02. The van der Waals surface area contributed by atoms with Gasteiger partial charge in [0.1, 0.15) is 24.7 Å². The third-order valence-electron chi connectivity index (χ3n) is 3.61. The molecule has 2 aromatic carbocycles. The Morgan fingerprint density at radius 2 is 2.12 bits per heavy atom. The average molecular weight is 324 g/mol. The number of hydrogen-bond acceptors (Lipinski definition) is 3. The minimum atomic E-state index is -0.324. The molecule has 1 heterocycles. The van der Waals surface area contributed by atoms with Gasteiger partial charge in [0.25, 0.3) is 0 Å². The molecule has 0 aliphatic rings. The third kappa shape index (κ3) is 3.87. The number of aliphatic imine (C=N–C) groups is 1. The lowest BCUT2D eigenvalue weighted by Gasteiger charge is -2.07. The molecular weight excluding hydrogens is 307 g/mol. The topological polar surface area (TPSA) is 54.4 Å². The number of nitrogens with zero attached hydrogens (tertiary/aromatic N) is 1. The van der Waals surface area contributed by atoms with E-state index in [0.29, 0.717) is 11.3 Å². The number of benzene rings is 2. The maximum absolute atomic E-state index is 13.0. The van der Waals surface area contributed by atoms with E-state index in [9.17, 15) is 9.18 Å². The maximum Gasteiger partial charge on any atom is 0.191 e. The highest BCUT2D eigenvalue weighted by Gasteiger charge is 2.05. The monoisotopic (exact) mass is 324 g/mol. The number of hydrogen-bond donors (Lipinski definition) is 1. The number of Topliss-reactive ketones (excluding diaryl/α,β-unsaturated/α-hetero) is 1. The van der Waals surface area contributed by atoms with Crippen LogP contribution < -0.4 is 4.74 Å². The molecule has 0 aliphatic heterocycles. The van der Waals surface area contributed by atoms with Crippen molar-refractivity contribution < 1.29 is 13.9 Å². The van der Waals surface area contributed by atoms with Gasteiger partial charge in [-0.1, -0.05) is 12.1 Å². The summed E-state index contributed by atoms with van der Waals surface area (Å²) >= 11 is 0. The Bertz CT molecular complexity index is 899. The van der Waals surface area contributed by atoms with Crippen molar-refractivity contribution in [1.29, 1.82) is 0 Å². The first-order valence-corrected chi connectivity index (χ1v) is 7.59. The van der Waals surface area contributed by atoms with E-state index in [1.807, 2.05) is 30.5 Å². The zero-order chi connectivity index (χ0) is 16.9. The van der Waals surface area contributed by atoms with Crippen molar-refractivity contribution in [2.24, 2.45) is 4.99 Å². The molecule has 3 rings (SSSR count). The lowest BCUT2D eigenvalue weighted by molar-refractivity contribution is -0.119. The smallest absolute Gasteiger partial charge is 0.191 e. The SMILES string of the molecule is Cc1cc(F)ccc1OCC(=O)CN=Cc1ccc2cc[nH]c2c1. The molecule has 0 saturated carbocycles. The number of fused-ring (bicyclic) bond motifs is 1. The Labute approximate surface area is 139 Å². The minimum absolute atomic E-state index is 0.0446. The summed E-state index contributed by atoms with van der Waals surface area (Å²) in [7, 11) is 0. The lowest BCUT2D eigenvalue weighted by atomic mass is 10.2. The van der Waals surface area contributed by atoms with Gasteiger partial charge in [-0.3, -0.25) is 9.79 Å². The summed E-state index contributed by atoms with van der Waals surface area (Å²) in [5.74, 6) is 0.0386. The summed E-state index contributed by atoms with van der Waals surface area (Å²) in [5, 5.41) is 1.13. The van der Waals surface area contributed by atoms with E-state index in [1.165, 1.54) is 18.2 Å². The van der Waals surface area contributed by atoms with Crippen LogP contribution in [0.15, 0.2) is 53.7 Å². The summed E-state index contributed by atoms with van der Waals surface area (Å²) in [4.78, 5) is 19.1. The van der Waals surface area contributed by atoms with Gasteiger partial charge in [-0.2, -0.15) is 0 Å². The molecule has 0 bridgehead atoms. The van der Waals surface area contributed by atoms with E-state index in [2.05, 4.69) is 9.98 Å². The normalized spacial score (nSPS) is 11.2. The Kier molecular flexibility index (Phi) is 4.70. The Balaban J connectivity index is 1.53. The number of carbonyl (C=O) groups excluding carboxylic acids is 1. The number of aryl methyl sites for hydroxylation is 1. The number of ketones is 1. The molecule has 0 saturated heterocycles. The van der Waals surface area contributed by atoms with E-state index in [-0.39, 0.29) is 24.8 Å². The molecule has 0 aliphatic carbocycles. The van der Waals surface area contributed by atoms with E-state index >= 15 is 0 Å². The molecule has 0 unspecified atom stereocenters. The van der Waals surface area contributed by atoms with Crippen molar-refractivity contribution in [2.75, 3.05) is 13.2 Å². The van der Waals surface area contributed by atoms with E-state index in [1.54, 1.807) is 13.1 Å². The van der Waals surface area contributed by atoms with Crippen molar-refractivity contribution in [2.45, 2.75) is 6.92 Å². The standard InChI is InChI=1S/C19H17FN2O2/c1-13-8-16(20)4-5-19(13)24-12-17(23)11-21-10-14-2-3-15-6-7-22-18(15)9-14/h2-10,22H,11-12H2,1H3. The van der Waals surface area contributed by atoms with Gasteiger partial charge in [-0.25, -0.2) is 4.39 Å². The number of rotatable bonds is 6. The molecule has 3 aromatic rings. The molecule has 0 atom stereocenters. The summed E-state index contributed by atoms with van der Waals surface area (Å²) in [6.45, 7) is 1.69. The molecule has 5 heteroatoms. The van der Waals surface area contributed by atoms with Crippen LogP contribution in [0.2, 0.25) is 0 Å². The van der Waals surface area contributed by atoms with Crippen LogP contribution >= 0.6 is 0 Å². The Hall–Kier alpha value is -2.95. The van der Waals surface area contributed by atoms with Gasteiger partial charge < -0.3 is 9.72 Å². The van der Waals surface area contributed by atoms with Crippen LogP contribution in [-0.2, 0) is 4.79 Å². The van der Waals surface area contributed by atoms with Gasteiger partial charge in [0.05, 0.1) is 0 Å². The van der Waals surface area contributed by atoms with Gasteiger partial charge in [0.15, 0.2) is 5.78 Å². The van der Waals surface area contributed by atoms with Crippen LogP contribution in [0.1, 0.15) is 11.1 Å². The molecule has 24 heavy (non-hydrogen) atoms. The molecule has 1 N–H and O–H groups in total. The zero-order valence-electron chi connectivity index (χ0n) is 13.3. The highest BCUT2D eigenvalue weighted by molar-refractivity contribution is 5.90. The second-order valence-corrected chi connectivity index (χ2v) is 5.53. The number of ether oxygens (including phenoxy) is 1. The predicted octanol–water partition coefficient (Wildman–Crippen LogP) is 3.68. The second-order valence-electron chi connectivity index (χ2n) is 5.53. The minimum Gasteiger partial charge on any atom is -0.485 e. The molecule has 0 spiro atoms. The van der Waals surface area contributed by atoms with Gasteiger partial charge in [-0.05, 0) is 53.8 Å². The summed E-state index contributed by atoms with van der Waals surface area (Å²) < 4.78 is 18.4. The predicted molar refractivity (Wildman–Crippen MR) is 92.4 cm³/mol. The largest absolute Gasteiger partial charge is 0.485 e. The van der Waals surface area contributed by atoms with Crippen molar-refractivity contribution in [3.63, 3.8) is 0 Å². The van der Waals surface area contributed by atoms with Crippen molar-refractivity contribution in [1.82, 2.24) is 4.98 Å². The van der Waals surface area contributed by atoms with Gasteiger partial charge in [0, 0.05) is 17.9 Å². The summed E-state index contributed by atoms with van der Waals surface area (Å²) in [6.07, 6.45) is 3.55. The number of halogens is 1. The number of carbonyl (C=O) groups is 1. The van der Waals surface area contributed by atoms with Crippen LogP contribution in [0.3, 0.4) is 0 Å². The number of aromatic nitrogens is 1. The van der Waals surface area contributed by atoms with Gasteiger partial charge in [-0.15, -0.1) is 0 Å². The van der Waals surface area contributed by atoms with Crippen molar-refractivity contribution in [3.8, 4) is 5.75 Å². The fraction of sp³-hybridized carbons (Fsp3) is 0.158. The first kappa shape index (κ1) is 15.9. The molecule has 0 amide bonds. The molecule has 0 radical (unpaired) electrons. The molecular formula is C19H17FN2O2. The van der Waals surface area contributed by atoms with Crippen LogP contribution in [-0.4, -0.2) is 30.1 Å². The van der Waals surface area contributed by atoms with Crippen molar-refractivity contribution in [3.05, 3.63) is 65.6 Å². The highest BCUT2D eigenvalue weighted by atomic mass is 19.1. The first-order chi connectivity index (χ1) is 11.6. The Morgan fingerprint density at radius 1 is 1.25 bits per heavy atom. The third-order valence-corrected chi connectivity index (χ3v) is 3.61. The quantitative estimate of drug-likeness (QED) is 0.703. The van der Waals surface area contributed by atoms with Crippen LogP contribution in [0.25, 0.3) is 10.9 Å². The lowest BCUT2D eigenvalue weighted by Crippen LogP contribution is -2.14.